The number of anilines is 7. The monoisotopic (exact) mass is 1820 g/mol. The molecule has 18 rings (SSSR count). The maximum absolute atomic E-state index is 13.0. The Labute approximate surface area is 780 Å². The molecule has 1 saturated carbocycles. The van der Waals surface area contributed by atoms with Crippen LogP contribution < -0.4 is 37.6 Å². The average molecular weight is 1820 g/mol. The SMILES string of the molecule is CCOCC.CN(C)Cc1ccc(NC(=O)c2n[nH]c3ccc(-c4cncc(CN5CCC5)c4)cc23)cn1.CN(C)Cc1ccc(NC(=O)c2n[nH]c3ccc(-c4cncc(N)c4)cc23)cn1.CN(C)Cc1ccc(NC(=O)c2n[nH]c3ccc(-c4cncc(NC(=O)C5CC5)c4)cc23)cn1.CN(C)Cc1ccc(NC(=O)c2n[nH]c3ccc(-c4cncc(NC(=O)N(C)C)c4)cc23)cn1. The Morgan fingerprint density at radius 2 is 0.689 bits per heavy atom. The molecule has 0 bridgehead atoms. The first-order chi connectivity index (χ1) is 65.2. The van der Waals surface area contributed by atoms with Gasteiger partial charge < -0.3 is 66.9 Å². The van der Waals surface area contributed by atoms with E-state index in [1.54, 1.807) is 76.1 Å². The Morgan fingerprint density at radius 1 is 0.363 bits per heavy atom. The van der Waals surface area contributed by atoms with Gasteiger partial charge in [0.1, 0.15) is 0 Å². The number of ether oxygens (including phenoxy) is 1. The molecule has 0 spiro atoms. The van der Waals surface area contributed by atoms with E-state index >= 15 is 0 Å². The van der Waals surface area contributed by atoms with Gasteiger partial charge in [-0.2, -0.15) is 20.4 Å². The minimum absolute atomic E-state index is 0.0347. The van der Waals surface area contributed by atoms with Crippen molar-refractivity contribution in [3.05, 3.63) is 271 Å². The number of aromatic nitrogens is 16. The van der Waals surface area contributed by atoms with E-state index in [0.717, 1.165) is 172 Å². The molecule has 12 N–H and O–H groups in total. The van der Waals surface area contributed by atoms with Crippen LogP contribution in [0, 0.1) is 5.92 Å². The Balaban J connectivity index is 0.000000142. The molecule has 0 radical (unpaired) electrons. The molecule has 36 heteroatoms. The fourth-order valence-corrected chi connectivity index (χ4v) is 14.4. The Bertz CT molecular complexity index is 6600. The van der Waals surface area contributed by atoms with Gasteiger partial charge in [-0.3, -0.25) is 89.1 Å². The van der Waals surface area contributed by atoms with Crippen LogP contribution in [0.25, 0.3) is 88.1 Å². The molecule has 12 aromatic heterocycles. The summed E-state index contributed by atoms with van der Waals surface area (Å²) in [6, 6.07) is 45.5. The number of nitrogens with one attached hydrogen (secondary N) is 10. The van der Waals surface area contributed by atoms with Crippen molar-refractivity contribution < 1.29 is 33.5 Å². The van der Waals surface area contributed by atoms with E-state index in [0.29, 0.717) is 67.7 Å². The van der Waals surface area contributed by atoms with Crippen molar-refractivity contribution in [3.8, 4) is 44.5 Å². The summed E-state index contributed by atoms with van der Waals surface area (Å²) in [5.41, 5.74) is 26.5. The van der Waals surface area contributed by atoms with E-state index in [9.17, 15) is 28.8 Å². The lowest BCUT2D eigenvalue weighted by atomic mass is 10.0. The molecule has 2 aliphatic rings. The van der Waals surface area contributed by atoms with Crippen molar-refractivity contribution in [2.45, 2.75) is 65.8 Å². The first-order valence-corrected chi connectivity index (χ1v) is 43.9. The first kappa shape index (κ1) is 95.2. The molecular formula is C99H109N29O7. The number of pyridine rings is 8. The summed E-state index contributed by atoms with van der Waals surface area (Å²) in [5, 5.41) is 48.7. The maximum atomic E-state index is 13.0. The van der Waals surface area contributed by atoms with E-state index in [1.165, 1.54) is 16.9 Å². The molecule has 2 fully saturated rings. The van der Waals surface area contributed by atoms with Crippen LogP contribution in [-0.2, 0) is 42.3 Å². The van der Waals surface area contributed by atoms with Gasteiger partial charge in [0.05, 0.1) is 122 Å². The van der Waals surface area contributed by atoms with E-state index in [2.05, 4.69) is 124 Å². The molecular weight excluding hydrogens is 1710 g/mol. The second-order valence-electron chi connectivity index (χ2n) is 33.8. The highest BCUT2D eigenvalue weighted by molar-refractivity contribution is 6.15. The van der Waals surface area contributed by atoms with Crippen LogP contribution in [0.4, 0.5) is 44.6 Å². The second-order valence-corrected chi connectivity index (χ2v) is 33.8. The Hall–Kier alpha value is -15.9. The van der Waals surface area contributed by atoms with E-state index in [-0.39, 0.29) is 47.2 Å². The predicted octanol–water partition coefficient (Wildman–Crippen LogP) is 14.6. The van der Waals surface area contributed by atoms with Crippen LogP contribution in [0.1, 0.15) is 103 Å². The topological polar surface area (TPSA) is 447 Å². The first-order valence-electron chi connectivity index (χ1n) is 43.9. The largest absolute Gasteiger partial charge is 0.397 e. The summed E-state index contributed by atoms with van der Waals surface area (Å²) >= 11 is 0. The van der Waals surface area contributed by atoms with Crippen LogP contribution in [0.2, 0.25) is 0 Å². The number of carbonyl (C=O) groups is 6. The summed E-state index contributed by atoms with van der Waals surface area (Å²) < 4.78 is 4.83. The van der Waals surface area contributed by atoms with Gasteiger partial charge in [0.25, 0.3) is 23.6 Å². The molecule has 0 atom stereocenters. The lowest BCUT2D eigenvalue weighted by Gasteiger charge is -2.30. The number of amides is 7. The molecule has 135 heavy (non-hydrogen) atoms. The van der Waals surface area contributed by atoms with Crippen molar-refractivity contribution >= 4 is 119 Å². The summed E-state index contributed by atoms with van der Waals surface area (Å²) in [6.45, 7) is 11.8. The van der Waals surface area contributed by atoms with Gasteiger partial charge in [-0.25, -0.2) is 4.79 Å². The normalized spacial score (nSPS) is 12.2. The number of rotatable bonds is 27. The highest BCUT2D eigenvalue weighted by Gasteiger charge is 2.30. The van der Waals surface area contributed by atoms with Crippen LogP contribution in [0.5, 0.6) is 0 Å². The number of hydrogen-bond donors (Lipinski definition) is 11. The molecule has 1 aliphatic heterocycles. The van der Waals surface area contributed by atoms with Crippen LogP contribution in [0.3, 0.4) is 0 Å². The highest BCUT2D eigenvalue weighted by Crippen LogP contribution is 2.35. The number of benzene rings is 4. The van der Waals surface area contributed by atoms with Gasteiger partial charge in [0, 0.05) is 147 Å². The molecule has 692 valence electrons. The van der Waals surface area contributed by atoms with Crippen molar-refractivity contribution in [1.29, 1.82) is 0 Å². The number of fused-ring (bicyclic) bond motifs is 4. The summed E-state index contributed by atoms with van der Waals surface area (Å²) in [6.07, 6.45) is 23.5. The Kier molecular flexibility index (Phi) is 31.6. The number of nitrogens with zero attached hydrogens (tertiary/aromatic N) is 18. The van der Waals surface area contributed by atoms with Crippen LogP contribution >= 0.6 is 0 Å². The smallest absolute Gasteiger partial charge is 0.321 e. The molecule has 7 amide bonds. The number of hydrogen-bond acceptors (Lipinski definition) is 25. The standard InChI is InChI=1S/C25H25N7O2.C25H27N7O.C24H26N8O2.C21H21N7O.C4H10O/c1-32(2)14-19-7-6-18(13-27-19)28-25(34)23-21-10-16(5-8-22(21)30-31-23)17-9-20(12-26-11-17)29-24(33)15-3-4-15;1-31(2)16-21-6-5-20(14-27-21)28-25(33)24-22-11-18(4-7-23(22)29-30-24)19-10-17(12-26-13-19)15-32-8-3-9-32;1-31(2)14-18-7-6-17(13-26-18)27-23(33)22-20-10-15(5-8-21(20)29-30-22)16-9-19(12-25-11-16)28-24(34)32(3)4;1-28(2)12-17-5-4-16(11-24-17)25-21(29)20-18-8-13(3-6-19(18)26-27-20)14-7-15(22)10-23-9-14;1-3-5-4-2/h5-13,15H,3-4,14H2,1-2H3,(H,28,34)(H,29,33)(H,30,31);4-7,10-14H,3,8-9,15-16H2,1-2H3,(H,28,33)(H,29,30);5-13H,14H2,1-4H3,(H,27,33)(H,28,34)(H,29,30);3-11H,12,22H2,1-2H3,(H,25,29)(H,26,27);3-4H2,1-2H3. The van der Waals surface area contributed by atoms with Crippen LogP contribution in [0.15, 0.2) is 220 Å². The zero-order chi connectivity index (χ0) is 95.2. The third-order valence-electron chi connectivity index (χ3n) is 21.4. The quantitative estimate of drug-likeness (QED) is 0.0228. The number of likely N-dealkylation sites (tertiary alicyclic amines) is 1. The molecule has 4 aromatic carbocycles. The third kappa shape index (κ3) is 26.1. The Morgan fingerprint density at radius 3 is 0.978 bits per heavy atom. The molecule has 1 aliphatic carbocycles. The number of aromatic amines is 4. The summed E-state index contributed by atoms with van der Waals surface area (Å²) in [5.74, 6) is -1.09. The van der Waals surface area contributed by atoms with Gasteiger partial charge in [0.15, 0.2) is 22.8 Å². The van der Waals surface area contributed by atoms with Gasteiger partial charge >= 0.3 is 6.03 Å². The van der Waals surface area contributed by atoms with Crippen molar-refractivity contribution in [2.75, 3.05) is 134 Å². The summed E-state index contributed by atoms with van der Waals surface area (Å²) in [4.78, 5) is 122. The van der Waals surface area contributed by atoms with E-state index in [1.807, 2.05) is 242 Å². The third-order valence-corrected chi connectivity index (χ3v) is 21.4. The lowest BCUT2D eigenvalue weighted by Crippen LogP contribution is -2.36. The highest BCUT2D eigenvalue weighted by atomic mass is 16.5. The molecule has 0 unspecified atom stereocenters. The van der Waals surface area contributed by atoms with E-state index < -0.39 is 0 Å². The van der Waals surface area contributed by atoms with E-state index in [4.69, 9.17) is 10.5 Å². The second kappa shape index (κ2) is 44.8. The number of nitrogens with two attached hydrogens (primary N) is 1. The molecule has 13 heterocycles. The minimum Gasteiger partial charge on any atom is -0.397 e. The average Bonchev–Trinajstić information content (AvgIpc) is 1.66. The molecule has 16 aromatic rings. The minimum atomic E-state index is -0.337. The molecule has 36 nitrogen and oxygen atoms in total. The summed E-state index contributed by atoms with van der Waals surface area (Å²) in [7, 11) is 19.2. The number of urea groups is 1. The maximum Gasteiger partial charge on any atom is 0.321 e. The fourth-order valence-electron chi connectivity index (χ4n) is 14.4. The predicted molar refractivity (Wildman–Crippen MR) is 526 cm³/mol. The van der Waals surface area contributed by atoms with Crippen molar-refractivity contribution in [3.63, 3.8) is 0 Å². The number of carbonyl (C=O) groups excluding carboxylic acids is 6. The van der Waals surface area contributed by atoms with Gasteiger partial charge in [-0.05, 0) is 252 Å². The van der Waals surface area contributed by atoms with Gasteiger partial charge in [-0.1, -0.05) is 24.3 Å². The van der Waals surface area contributed by atoms with Crippen molar-refractivity contribution in [2.24, 2.45) is 5.92 Å². The van der Waals surface area contributed by atoms with Crippen LogP contribution in [-0.4, -0.2) is 242 Å². The zero-order valence-corrected chi connectivity index (χ0v) is 77.3. The van der Waals surface area contributed by atoms with Gasteiger partial charge in [-0.15, -0.1) is 0 Å². The number of nitrogen functional groups attached to an aromatic ring is 1. The van der Waals surface area contributed by atoms with Crippen molar-refractivity contribution in [1.82, 2.24) is 110 Å². The zero-order valence-electron chi connectivity index (χ0n) is 77.3. The number of H-pyrrole nitrogens is 4. The fraction of sp³-hybridized carbons (Fsp3) is 0.253. The molecule has 1 saturated heterocycles. The lowest BCUT2D eigenvalue weighted by molar-refractivity contribution is -0.117. The van der Waals surface area contributed by atoms with Gasteiger partial charge in [0.2, 0.25) is 5.91 Å².